The third-order valence-electron chi connectivity index (χ3n) is 6.06. The predicted octanol–water partition coefficient (Wildman–Crippen LogP) is 10.0. The Balaban J connectivity index is 1.65. The Morgan fingerprint density at radius 1 is 0.515 bits per heavy atom. The van der Waals surface area contributed by atoms with Crippen LogP contribution in [0.1, 0.15) is 0 Å². The van der Waals surface area contributed by atoms with Crippen LogP contribution in [0.25, 0.3) is 55.3 Å². The minimum absolute atomic E-state index is 0.746. The molecule has 6 aromatic rings. The molecule has 0 aliphatic rings. The number of benzene rings is 5. The molecule has 0 atom stereocenters. The Labute approximate surface area is 205 Å². The molecule has 3 heteroatoms. The van der Waals surface area contributed by atoms with E-state index in [0.717, 1.165) is 64.8 Å². The average Bonchev–Trinajstić information content (AvgIpc) is 3.22. The average molecular weight is 510 g/mol. The van der Waals surface area contributed by atoms with Crippen LogP contribution in [0.5, 0.6) is 0 Å². The molecule has 0 saturated heterocycles. The molecule has 0 unspecified atom stereocenters. The van der Waals surface area contributed by atoms with E-state index in [1.807, 2.05) is 36.4 Å². The Morgan fingerprint density at radius 3 is 1.73 bits per heavy atom. The summed E-state index contributed by atoms with van der Waals surface area (Å²) < 4.78 is 7.22. The van der Waals surface area contributed by atoms with E-state index in [0.29, 0.717) is 0 Å². The second-order valence-corrected chi connectivity index (χ2v) is 9.32. The van der Waals surface area contributed by atoms with Crippen molar-refractivity contribution >= 4 is 49.5 Å². The summed E-state index contributed by atoms with van der Waals surface area (Å²) in [6, 6.07) is 37.4. The van der Waals surface area contributed by atoms with Crippen molar-refractivity contribution in [1.29, 1.82) is 0 Å². The van der Waals surface area contributed by atoms with Gasteiger partial charge in [-0.05, 0) is 58.1 Å². The van der Waals surface area contributed by atoms with Crippen molar-refractivity contribution in [3.05, 3.63) is 119 Å². The summed E-state index contributed by atoms with van der Waals surface area (Å²) in [6.45, 7) is 0. The molecule has 0 aliphatic carbocycles. The third kappa shape index (κ3) is 3.47. The van der Waals surface area contributed by atoms with Crippen molar-refractivity contribution in [2.45, 2.75) is 0 Å². The lowest BCUT2D eigenvalue weighted by Gasteiger charge is -2.16. The van der Waals surface area contributed by atoms with E-state index in [1.165, 1.54) is 0 Å². The summed E-state index contributed by atoms with van der Waals surface area (Å²) in [5.74, 6) is 0. The van der Waals surface area contributed by atoms with Crippen molar-refractivity contribution < 1.29 is 4.42 Å². The predicted molar refractivity (Wildman–Crippen MR) is 143 cm³/mol. The molecule has 0 N–H and O–H groups in total. The lowest BCUT2D eigenvalue weighted by Crippen LogP contribution is -1.90. The summed E-state index contributed by atoms with van der Waals surface area (Å²) >= 11 is 10.2. The summed E-state index contributed by atoms with van der Waals surface area (Å²) in [5.41, 5.74) is 8.52. The minimum atomic E-state index is 0.746. The van der Waals surface area contributed by atoms with Gasteiger partial charge in [0.05, 0.1) is 0 Å². The second kappa shape index (κ2) is 8.22. The topological polar surface area (TPSA) is 13.1 Å². The number of hydrogen-bond acceptors (Lipinski definition) is 1. The number of rotatable bonds is 3. The van der Waals surface area contributed by atoms with Gasteiger partial charge in [0.15, 0.2) is 0 Å². The highest BCUT2D eigenvalue weighted by Crippen LogP contribution is 2.43. The monoisotopic (exact) mass is 508 g/mol. The fourth-order valence-corrected chi connectivity index (χ4v) is 5.21. The fraction of sp³-hybridized carbons (Fsp3) is 0. The van der Waals surface area contributed by atoms with E-state index in [1.54, 1.807) is 0 Å². The molecule has 1 nitrogen and oxygen atoms in total. The van der Waals surface area contributed by atoms with Crippen molar-refractivity contribution in [2.75, 3.05) is 0 Å². The van der Waals surface area contributed by atoms with Gasteiger partial charge in [0.2, 0.25) is 0 Å². The highest BCUT2D eigenvalue weighted by atomic mass is 79.9. The number of hydrogen-bond donors (Lipinski definition) is 0. The molecule has 0 radical (unpaired) electrons. The fourth-order valence-electron chi connectivity index (χ4n) is 4.61. The van der Waals surface area contributed by atoms with Crippen LogP contribution >= 0.6 is 27.5 Å². The van der Waals surface area contributed by atoms with E-state index in [2.05, 4.69) is 88.7 Å². The Morgan fingerprint density at radius 2 is 1.06 bits per heavy atom. The maximum atomic E-state index is 6.60. The molecule has 1 aromatic heterocycles. The van der Waals surface area contributed by atoms with Crippen LogP contribution < -0.4 is 0 Å². The highest BCUT2D eigenvalue weighted by molar-refractivity contribution is 9.10. The molecule has 6 rings (SSSR count). The van der Waals surface area contributed by atoms with Gasteiger partial charge in [0.1, 0.15) is 11.2 Å². The van der Waals surface area contributed by atoms with Crippen molar-refractivity contribution in [3.8, 4) is 33.4 Å². The summed E-state index contributed by atoms with van der Waals surface area (Å²) in [4.78, 5) is 0. The van der Waals surface area contributed by atoms with Crippen molar-refractivity contribution in [1.82, 2.24) is 0 Å². The van der Waals surface area contributed by atoms with Crippen LogP contribution in [0.4, 0.5) is 0 Å². The molecule has 5 aromatic carbocycles. The van der Waals surface area contributed by atoms with Gasteiger partial charge >= 0.3 is 0 Å². The number of fused-ring (bicyclic) bond motifs is 3. The maximum Gasteiger partial charge on any atom is 0.136 e. The smallest absolute Gasteiger partial charge is 0.136 e. The molecule has 0 spiro atoms. The molecular weight excluding hydrogens is 492 g/mol. The van der Waals surface area contributed by atoms with E-state index in [4.69, 9.17) is 16.0 Å². The van der Waals surface area contributed by atoms with Gasteiger partial charge in [-0.25, -0.2) is 0 Å². The van der Waals surface area contributed by atoms with Gasteiger partial charge in [-0.15, -0.1) is 0 Å². The zero-order valence-corrected chi connectivity index (χ0v) is 19.9. The molecule has 33 heavy (non-hydrogen) atoms. The first-order valence-electron chi connectivity index (χ1n) is 10.8. The van der Waals surface area contributed by atoms with Crippen LogP contribution in [0.2, 0.25) is 5.02 Å². The quantitative estimate of drug-likeness (QED) is 0.231. The van der Waals surface area contributed by atoms with Gasteiger partial charge < -0.3 is 4.42 Å². The van der Waals surface area contributed by atoms with E-state index in [9.17, 15) is 0 Å². The van der Waals surface area contributed by atoms with E-state index >= 15 is 0 Å². The van der Waals surface area contributed by atoms with Gasteiger partial charge in [-0.2, -0.15) is 0 Å². The molecule has 158 valence electrons. The van der Waals surface area contributed by atoms with Crippen LogP contribution in [0.3, 0.4) is 0 Å². The lowest BCUT2D eigenvalue weighted by atomic mass is 9.88. The first-order valence-corrected chi connectivity index (χ1v) is 11.9. The zero-order valence-electron chi connectivity index (χ0n) is 17.6. The number of halogens is 2. The normalized spacial score (nSPS) is 11.3. The Bertz CT molecular complexity index is 1650. The standard InChI is InChI=1S/C30H18BrClO/c31-19-16-17-28-26(18-19)30-25(13-7-15-29(30)33-28)23-11-4-2-9-21(23)20-8-1-3-10-22(20)24-12-5-6-14-27(24)32/h1-18H. The molecule has 0 aliphatic heterocycles. The van der Waals surface area contributed by atoms with Gasteiger partial charge in [-0.3, -0.25) is 0 Å². The van der Waals surface area contributed by atoms with Gasteiger partial charge in [0.25, 0.3) is 0 Å². The number of furan rings is 1. The molecule has 0 fully saturated rings. The van der Waals surface area contributed by atoms with Crippen LogP contribution in [-0.2, 0) is 0 Å². The molecule has 1 heterocycles. The van der Waals surface area contributed by atoms with E-state index < -0.39 is 0 Å². The highest BCUT2D eigenvalue weighted by Gasteiger charge is 2.17. The molecular formula is C30H18BrClO. The largest absolute Gasteiger partial charge is 0.456 e. The first kappa shape index (κ1) is 20.3. The zero-order chi connectivity index (χ0) is 22.4. The van der Waals surface area contributed by atoms with Gasteiger partial charge in [0, 0.05) is 25.8 Å². The van der Waals surface area contributed by atoms with E-state index in [-0.39, 0.29) is 0 Å². The van der Waals surface area contributed by atoms with Crippen LogP contribution in [0, 0.1) is 0 Å². The summed E-state index contributed by atoms with van der Waals surface area (Å²) in [7, 11) is 0. The van der Waals surface area contributed by atoms with Crippen LogP contribution in [0.15, 0.2) is 118 Å². The second-order valence-electron chi connectivity index (χ2n) is 7.99. The Kier molecular flexibility index (Phi) is 5.05. The molecule has 0 saturated carbocycles. The lowest BCUT2D eigenvalue weighted by molar-refractivity contribution is 0.669. The first-order chi connectivity index (χ1) is 16.2. The van der Waals surface area contributed by atoms with Crippen molar-refractivity contribution in [3.63, 3.8) is 0 Å². The molecule has 0 amide bonds. The summed E-state index contributed by atoms with van der Waals surface area (Å²) in [5, 5.41) is 2.97. The van der Waals surface area contributed by atoms with Crippen molar-refractivity contribution in [2.24, 2.45) is 0 Å². The maximum absolute atomic E-state index is 6.60. The minimum Gasteiger partial charge on any atom is -0.456 e. The third-order valence-corrected chi connectivity index (χ3v) is 6.88. The summed E-state index contributed by atoms with van der Waals surface area (Å²) in [6.07, 6.45) is 0. The Hall–Kier alpha value is -3.33. The molecule has 0 bridgehead atoms. The van der Waals surface area contributed by atoms with Gasteiger partial charge in [-0.1, -0.05) is 106 Å². The van der Waals surface area contributed by atoms with Crippen LogP contribution in [-0.4, -0.2) is 0 Å². The SMILES string of the molecule is Clc1ccccc1-c1ccccc1-c1ccccc1-c1cccc2oc3ccc(Br)cc3c12.